The predicted octanol–water partition coefficient (Wildman–Crippen LogP) is 2.29. The number of hydrogen-bond donors (Lipinski definition) is 4. The lowest BCUT2D eigenvalue weighted by Crippen LogP contribution is -2.17. The molecule has 1 aromatic heterocycles. The third-order valence-corrected chi connectivity index (χ3v) is 4.19. The van der Waals surface area contributed by atoms with Crippen LogP contribution in [0.25, 0.3) is 11.4 Å². The minimum atomic E-state index is -0.959. The zero-order chi connectivity index (χ0) is 20.3. The second kappa shape index (κ2) is 7.83. The lowest BCUT2D eigenvalue weighted by atomic mass is 10.0. The van der Waals surface area contributed by atoms with Crippen LogP contribution in [-0.4, -0.2) is 27.7 Å². The number of nitrogens with two attached hydrogens (primary N) is 2. The van der Waals surface area contributed by atoms with Gasteiger partial charge in [-0.1, -0.05) is 18.2 Å². The van der Waals surface area contributed by atoms with Crippen molar-refractivity contribution < 1.29 is 14.6 Å². The summed E-state index contributed by atoms with van der Waals surface area (Å²) < 4.78 is 5.72. The molecule has 28 heavy (non-hydrogen) atoms. The van der Waals surface area contributed by atoms with Gasteiger partial charge in [0.25, 0.3) is 5.56 Å². The van der Waals surface area contributed by atoms with E-state index in [1.54, 1.807) is 30.3 Å². The average molecular weight is 380 g/mol. The maximum absolute atomic E-state index is 11.9. The highest BCUT2D eigenvalue weighted by Gasteiger charge is 2.13. The second-order valence-corrected chi connectivity index (χ2v) is 6.16. The second-order valence-electron chi connectivity index (χ2n) is 6.16. The van der Waals surface area contributed by atoms with E-state index in [9.17, 15) is 9.59 Å². The van der Waals surface area contributed by atoms with Crippen molar-refractivity contribution in [2.45, 2.75) is 13.3 Å². The third-order valence-electron chi connectivity index (χ3n) is 4.19. The highest BCUT2D eigenvalue weighted by Crippen LogP contribution is 2.30. The van der Waals surface area contributed by atoms with Crippen LogP contribution in [0.3, 0.4) is 0 Å². The number of nitrogens with one attached hydrogen (secondary N) is 1. The molecule has 2 aromatic carbocycles. The Balaban J connectivity index is 1.95. The number of aromatic amines is 1. The Morgan fingerprint density at radius 1 is 1.14 bits per heavy atom. The molecule has 0 radical (unpaired) electrons. The Hall–Kier alpha value is -3.81. The van der Waals surface area contributed by atoms with Gasteiger partial charge in [0.2, 0.25) is 0 Å². The molecule has 144 valence electrons. The molecule has 1 heterocycles. The Morgan fingerprint density at radius 3 is 2.43 bits per heavy atom. The van der Waals surface area contributed by atoms with Crippen molar-refractivity contribution in [3.63, 3.8) is 0 Å². The number of nitrogen functional groups attached to an aromatic ring is 2. The van der Waals surface area contributed by atoms with Crippen LogP contribution in [0, 0.1) is 0 Å². The molecule has 0 aliphatic heterocycles. The van der Waals surface area contributed by atoms with E-state index < -0.39 is 11.5 Å². The van der Waals surface area contributed by atoms with Gasteiger partial charge in [0, 0.05) is 0 Å². The minimum absolute atomic E-state index is 0.0382. The molecule has 0 aliphatic rings. The number of rotatable bonds is 6. The number of ether oxygens (including phenoxy) is 1. The van der Waals surface area contributed by atoms with Crippen LogP contribution in [0.5, 0.6) is 5.75 Å². The molecular weight excluding hydrogens is 360 g/mol. The van der Waals surface area contributed by atoms with E-state index in [2.05, 4.69) is 9.97 Å². The molecule has 3 rings (SSSR count). The number of carbonyl (C=O) groups is 1. The molecule has 0 saturated carbocycles. The normalized spacial score (nSPS) is 10.6. The van der Waals surface area contributed by atoms with E-state index >= 15 is 0 Å². The molecule has 0 bridgehead atoms. The Morgan fingerprint density at radius 2 is 1.82 bits per heavy atom. The van der Waals surface area contributed by atoms with Gasteiger partial charge in [-0.15, -0.1) is 0 Å². The molecule has 0 unspecified atom stereocenters. The number of carboxylic acid groups (broad SMARTS) is 1. The number of nitrogens with zero attached hydrogens (tertiary/aromatic N) is 1. The number of benzene rings is 2. The van der Waals surface area contributed by atoms with Crippen molar-refractivity contribution in [2.75, 3.05) is 18.1 Å². The van der Waals surface area contributed by atoms with Crippen molar-refractivity contribution >= 4 is 17.5 Å². The zero-order valence-electron chi connectivity index (χ0n) is 15.2. The summed E-state index contributed by atoms with van der Waals surface area (Å²) in [6.45, 7) is 2.28. The fourth-order valence-electron chi connectivity index (χ4n) is 2.78. The van der Waals surface area contributed by atoms with Gasteiger partial charge in [-0.25, -0.2) is 9.78 Å². The lowest BCUT2D eigenvalue weighted by Gasteiger charge is -2.13. The first-order valence-corrected chi connectivity index (χ1v) is 8.62. The lowest BCUT2D eigenvalue weighted by molar-refractivity contribution is 0.0697. The van der Waals surface area contributed by atoms with Gasteiger partial charge < -0.3 is 26.3 Å². The molecule has 0 amide bonds. The number of H-pyrrole nitrogens is 1. The molecular formula is C20H20N4O4. The van der Waals surface area contributed by atoms with Crippen molar-refractivity contribution in [3.8, 4) is 17.1 Å². The SMILES string of the molecule is CCOc1cc(Cc2ccc(C(=O)O)cc2)ccc1-c1nc(N)c(N)c(=O)[nH]1. The molecule has 6 N–H and O–H groups in total. The molecule has 0 spiro atoms. The van der Waals surface area contributed by atoms with E-state index in [1.807, 2.05) is 19.1 Å². The molecule has 0 fully saturated rings. The van der Waals surface area contributed by atoms with Crippen LogP contribution in [0.15, 0.2) is 47.3 Å². The van der Waals surface area contributed by atoms with Crippen molar-refractivity contribution in [1.29, 1.82) is 0 Å². The van der Waals surface area contributed by atoms with Crippen LogP contribution in [0.1, 0.15) is 28.4 Å². The van der Waals surface area contributed by atoms with Gasteiger partial charge in [0.05, 0.1) is 17.7 Å². The van der Waals surface area contributed by atoms with E-state index in [-0.39, 0.29) is 22.9 Å². The highest BCUT2D eigenvalue weighted by atomic mass is 16.5. The van der Waals surface area contributed by atoms with Crippen LogP contribution < -0.4 is 21.8 Å². The topological polar surface area (TPSA) is 144 Å². The minimum Gasteiger partial charge on any atom is -0.493 e. The summed E-state index contributed by atoms with van der Waals surface area (Å²) >= 11 is 0. The zero-order valence-corrected chi connectivity index (χ0v) is 15.2. The van der Waals surface area contributed by atoms with Crippen molar-refractivity contribution in [3.05, 3.63) is 69.5 Å². The first-order valence-electron chi connectivity index (χ1n) is 8.62. The summed E-state index contributed by atoms with van der Waals surface area (Å²) in [4.78, 5) is 29.6. The van der Waals surface area contributed by atoms with Gasteiger partial charge >= 0.3 is 5.97 Å². The third kappa shape index (κ3) is 3.96. The monoisotopic (exact) mass is 380 g/mol. The summed E-state index contributed by atoms with van der Waals surface area (Å²) in [6.07, 6.45) is 0.591. The van der Waals surface area contributed by atoms with Crippen LogP contribution >= 0.6 is 0 Å². The fourth-order valence-corrected chi connectivity index (χ4v) is 2.78. The molecule has 0 aliphatic carbocycles. The summed E-state index contributed by atoms with van der Waals surface area (Å²) in [5.41, 5.74) is 13.4. The average Bonchev–Trinajstić information content (AvgIpc) is 2.67. The van der Waals surface area contributed by atoms with Crippen molar-refractivity contribution in [1.82, 2.24) is 9.97 Å². The highest BCUT2D eigenvalue weighted by molar-refractivity contribution is 5.87. The fraction of sp³-hybridized carbons (Fsp3) is 0.150. The van der Waals surface area contributed by atoms with E-state index in [0.29, 0.717) is 24.3 Å². The summed E-state index contributed by atoms with van der Waals surface area (Å²) in [7, 11) is 0. The quantitative estimate of drug-likeness (QED) is 0.513. The van der Waals surface area contributed by atoms with Gasteiger partial charge in [0.15, 0.2) is 5.82 Å². The Bertz CT molecular complexity index is 1070. The van der Waals surface area contributed by atoms with Crippen molar-refractivity contribution in [2.24, 2.45) is 0 Å². The Labute approximate surface area is 160 Å². The largest absolute Gasteiger partial charge is 0.493 e. The van der Waals surface area contributed by atoms with Crippen LogP contribution in [0.2, 0.25) is 0 Å². The van der Waals surface area contributed by atoms with Gasteiger partial charge in [-0.2, -0.15) is 0 Å². The van der Waals surface area contributed by atoms with Gasteiger partial charge in [-0.05, 0) is 48.7 Å². The molecule has 8 heteroatoms. The van der Waals surface area contributed by atoms with Crippen LogP contribution in [0.4, 0.5) is 11.5 Å². The first kappa shape index (κ1) is 19.0. The van der Waals surface area contributed by atoms with E-state index in [4.69, 9.17) is 21.3 Å². The van der Waals surface area contributed by atoms with E-state index in [1.165, 1.54) is 0 Å². The molecule has 3 aromatic rings. The number of anilines is 2. The van der Waals surface area contributed by atoms with Crippen LogP contribution in [-0.2, 0) is 6.42 Å². The maximum atomic E-state index is 11.9. The Kier molecular flexibility index (Phi) is 5.30. The number of aromatic nitrogens is 2. The standard InChI is InChI=1S/C20H20N4O4/c1-2-28-15-10-12(9-11-3-6-13(7-4-11)20(26)27)5-8-14(15)18-23-17(22)16(21)19(25)24-18/h3-8,10H,2,9,21H2,1H3,(H,26,27)(H3,22,23,24,25). The molecule has 8 nitrogen and oxygen atoms in total. The summed E-state index contributed by atoms with van der Waals surface area (Å²) in [5.74, 6) is -0.172. The number of carboxylic acids is 1. The molecule has 0 atom stereocenters. The van der Waals surface area contributed by atoms with Gasteiger partial charge in [0.1, 0.15) is 17.3 Å². The predicted molar refractivity (Wildman–Crippen MR) is 106 cm³/mol. The first-order chi connectivity index (χ1) is 13.4. The molecule has 0 saturated heterocycles. The smallest absolute Gasteiger partial charge is 0.335 e. The number of hydrogen-bond acceptors (Lipinski definition) is 6. The maximum Gasteiger partial charge on any atom is 0.335 e. The number of aromatic carboxylic acids is 1. The summed E-state index contributed by atoms with van der Waals surface area (Å²) in [6, 6.07) is 12.2. The summed E-state index contributed by atoms with van der Waals surface area (Å²) in [5, 5.41) is 8.99. The van der Waals surface area contributed by atoms with E-state index in [0.717, 1.165) is 11.1 Å². The van der Waals surface area contributed by atoms with Gasteiger partial charge in [-0.3, -0.25) is 4.79 Å².